The van der Waals surface area contributed by atoms with Gasteiger partial charge in [-0.1, -0.05) is 6.92 Å². The molecule has 7 nitrogen and oxygen atoms in total. The number of likely N-dealkylation sites (N-methyl/N-ethyl adjacent to an activating group) is 2. The van der Waals surface area contributed by atoms with Crippen molar-refractivity contribution in [2.45, 2.75) is 32.0 Å². The van der Waals surface area contributed by atoms with Crippen molar-refractivity contribution < 1.29 is 4.74 Å². The van der Waals surface area contributed by atoms with Crippen LogP contribution in [0.4, 0.5) is 0 Å². The van der Waals surface area contributed by atoms with E-state index in [1.165, 1.54) is 0 Å². The molecule has 1 fully saturated rings. The average molecular weight is 296 g/mol. The highest BCUT2D eigenvalue weighted by molar-refractivity contribution is 5.30. The lowest BCUT2D eigenvalue weighted by Crippen LogP contribution is -2.56. The number of rotatable bonds is 6. The first-order valence-electron chi connectivity index (χ1n) is 7.57. The highest BCUT2D eigenvalue weighted by atomic mass is 16.5. The maximum Gasteiger partial charge on any atom is 0.161 e. The molecular formula is C14H28N6O. The van der Waals surface area contributed by atoms with Crippen LogP contribution in [-0.4, -0.2) is 66.5 Å². The first kappa shape index (κ1) is 16.2. The molecule has 0 amide bonds. The second-order valence-corrected chi connectivity index (χ2v) is 5.78. The van der Waals surface area contributed by atoms with E-state index in [1.54, 1.807) is 13.3 Å². The molecule has 3 N–H and O–H groups in total. The third-order valence-corrected chi connectivity index (χ3v) is 4.26. The number of methoxy groups -OCH3 is 1. The fourth-order valence-electron chi connectivity index (χ4n) is 3.02. The lowest BCUT2D eigenvalue weighted by Gasteiger charge is -2.41. The Hall–Kier alpha value is -1.15. The topological polar surface area (TPSA) is 71.6 Å². The summed E-state index contributed by atoms with van der Waals surface area (Å²) in [4.78, 5) is 4.69. The first-order chi connectivity index (χ1) is 10.1. The van der Waals surface area contributed by atoms with Gasteiger partial charge >= 0.3 is 0 Å². The van der Waals surface area contributed by atoms with Crippen LogP contribution in [0.3, 0.4) is 0 Å². The molecule has 2 unspecified atom stereocenters. The van der Waals surface area contributed by atoms with Gasteiger partial charge < -0.3 is 9.64 Å². The standard InChI is InChI=1S/C14H28N6O/c1-5-6-20-14(12(21-4)9-16-20)13(17-15)11-10-18(2)7-8-19(11)3/h9,11,13,17H,5-8,10,15H2,1-4H3. The number of hydrogen-bond donors (Lipinski definition) is 2. The Bertz CT molecular complexity index is 449. The third kappa shape index (κ3) is 3.37. The molecule has 0 aromatic carbocycles. The highest BCUT2D eigenvalue weighted by Crippen LogP contribution is 2.30. The van der Waals surface area contributed by atoms with E-state index in [1.807, 2.05) is 4.68 Å². The number of nitrogens with zero attached hydrogens (tertiary/aromatic N) is 4. The molecule has 0 radical (unpaired) electrons. The van der Waals surface area contributed by atoms with Gasteiger partial charge in [0.2, 0.25) is 0 Å². The molecule has 21 heavy (non-hydrogen) atoms. The zero-order chi connectivity index (χ0) is 15.4. The molecule has 1 saturated heterocycles. The van der Waals surface area contributed by atoms with Crippen LogP contribution >= 0.6 is 0 Å². The Kier molecular flexibility index (Phi) is 5.58. The summed E-state index contributed by atoms with van der Waals surface area (Å²) in [5.74, 6) is 6.70. The molecule has 1 aliphatic rings. The number of nitrogens with two attached hydrogens (primary N) is 1. The van der Waals surface area contributed by atoms with Gasteiger partial charge in [-0.05, 0) is 20.5 Å². The van der Waals surface area contributed by atoms with Crippen LogP contribution in [0.25, 0.3) is 0 Å². The van der Waals surface area contributed by atoms with E-state index in [4.69, 9.17) is 10.6 Å². The Balaban J connectivity index is 2.33. The van der Waals surface area contributed by atoms with Crippen LogP contribution in [0.15, 0.2) is 6.20 Å². The summed E-state index contributed by atoms with van der Waals surface area (Å²) in [6, 6.07) is 0.275. The summed E-state index contributed by atoms with van der Waals surface area (Å²) in [6.45, 7) is 6.08. The monoisotopic (exact) mass is 296 g/mol. The average Bonchev–Trinajstić information content (AvgIpc) is 2.87. The fraction of sp³-hybridized carbons (Fsp3) is 0.786. The zero-order valence-electron chi connectivity index (χ0n) is 13.5. The minimum Gasteiger partial charge on any atom is -0.493 e. The predicted molar refractivity (Wildman–Crippen MR) is 83.0 cm³/mol. The van der Waals surface area contributed by atoms with Gasteiger partial charge in [0.25, 0.3) is 0 Å². The molecule has 1 aliphatic heterocycles. The quantitative estimate of drug-likeness (QED) is 0.571. The van der Waals surface area contributed by atoms with Crippen LogP contribution in [0.2, 0.25) is 0 Å². The lowest BCUT2D eigenvalue weighted by atomic mass is 10.0. The molecule has 1 aromatic rings. The number of nitrogens with one attached hydrogen (secondary N) is 1. The van der Waals surface area contributed by atoms with Crippen molar-refractivity contribution in [2.24, 2.45) is 5.84 Å². The minimum absolute atomic E-state index is 0.0123. The second-order valence-electron chi connectivity index (χ2n) is 5.78. The predicted octanol–water partition coefficient (Wildman–Crippen LogP) is 0.0519. The summed E-state index contributed by atoms with van der Waals surface area (Å²) in [5.41, 5.74) is 4.03. The smallest absolute Gasteiger partial charge is 0.161 e. The van der Waals surface area contributed by atoms with Gasteiger partial charge in [0.05, 0.1) is 19.3 Å². The van der Waals surface area contributed by atoms with Gasteiger partial charge in [0, 0.05) is 32.2 Å². The molecule has 2 rings (SSSR count). The van der Waals surface area contributed by atoms with E-state index in [-0.39, 0.29) is 12.1 Å². The molecule has 2 atom stereocenters. The highest BCUT2D eigenvalue weighted by Gasteiger charge is 2.34. The van der Waals surface area contributed by atoms with Crippen LogP contribution in [0.5, 0.6) is 5.75 Å². The minimum atomic E-state index is -0.0123. The van der Waals surface area contributed by atoms with E-state index < -0.39 is 0 Å². The van der Waals surface area contributed by atoms with Gasteiger partial charge in [-0.3, -0.25) is 15.4 Å². The van der Waals surface area contributed by atoms with E-state index in [0.717, 1.165) is 44.0 Å². The lowest BCUT2D eigenvalue weighted by molar-refractivity contribution is 0.0844. The zero-order valence-corrected chi connectivity index (χ0v) is 13.5. The van der Waals surface area contributed by atoms with Crippen molar-refractivity contribution >= 4 is 0 Å². The number of hydrazine groups is 1. The summed E-state index contributed by atoms with van der Waals surface area (Å²) in [7, 11) is 5.98. The summed E-state index contributed by atoms with van der Waals surface area (Å²) >= 11 is 0. The van der Waals surface area contributed by atoms with Gasteiger partial charge in [-0.2, -0.15) is 5.10 Å². The van der Waals surface area contributed by atoms with Crippen molar-refractivity contribution in [3.05, 3.63) is 11.9 Å². The number of aryl methyl sites for hydroxylation is 1. The molecule has 7 heteroatoms. The van der Waals surface area contributed by atoms with Crippen molar-refractivity contribution in [1.29, 1.82) is 0 Å². The molecule has 0 bridgehead atoms. The van der Waals surface area contributed by atoms with Crippen molar-refractivity contribution in [3.63, 3.8) is 0 Å². The van der Waals surface area contributed by atoms with Crippen LogP contribution in [0, 0.1) is 0 Å². The van der Waals surface area contributed by atoms with Crippen molar-refractivity contribution in [2.75, 3.05) is 40.8 Å². The number of hydrogen-bond acceptors (Lipinski definition) is 6. The van der Waals surface area contributed by atoms with Gasteiger partial charge in [-0.15, -0.1) is 0 Å². The number of aromatic nitrogens is 2. The maximum atomic E-state index is 5.90. The molecule has 2 heterocycles. The molecule has 0 aliphatic carbocycles. The van der Waals surface area contributed by atoms with E-state index >= 15 is 0 Å². The van der Waals surface area contributed by atoms with Gasteiger partial charge in [-0.25, -0.2) is 5.43 Å². The van der Waals surface area contributed by atoms with Crippen LogP contribution < -0.4 is 16.0 Å². The molecule has 0 saturated carbocycles. The fourth-order valence-corrected chi connectivity index (χ4v) is 3.02. The Morgan fingerprint density at radius 3 is 2.86 bits per heavy atom. The van der Waals surface area contributed by atoms with E-state index in [0.29, 0.717) is 0 Å². The van der Waals surface area contributed by atoms with Crippen LogP contribution in [0.1, 0.15) is 25.1 Å². The summed E-state index contributed by atoms with van der Waals surface area (Å²) < 4.78 is 7.50. The molecular weight excluding hydrogens is 268 g/mol. The Morgan fingerprint density at radius 1 is 1.48 bits per heavy atom. The largest absolute Gasteiger partial charge is 0.493 e. The van der Waals surface area contributed by atoms with Crippen molar-refractivity contribution in [3.8, 4) is 5.75 Å². The third-order valence-electron chi connectivity index (χ3n) is 4.26. The molecule has 1 aromatic heterocycles. The van der Waals surface area contributed by atoms with Gasteiger partial charge in [0.15, 0.2) is 5.75 Å². The van der Waals surface area contributed by atoms with E-state index in [9.17, 15) is 0 Å². The SMILES string of the molecule is CCCn1ncc(OC)c1C(NN)C1CN(C)CCN1C. The molecule has 120 valence electrons. The summed E-state index contributed by atoms with van der Waals surface area (Å²) in [5, 5.41) is 4.45. The van der Waals surface area contributed by atoms with Crippen LogP contribution in [-0.2, 0) is 6.54 Å². The second kappa shape index (κ2) is 7.22. The maximum absolute atomic E-state index is 5.90. The summed E-state index contributed by atoms with van der Waals surface area (Å²) in [6.07, 6.45) is 2.80. The number of piperazine rings is 1. The Labute approximate surface area is 127 Å². The van der Waals surface area contributed by atoms with E-state index in [2.05, 4.69) is 41.3 Å². The van der Waals surface area contributed by atoms with Crippen molar-refractivity contribution in [1.82, 2.24) is 25.0 Å². The normalized spacial score (nSPS) is 22.4. The first-order valence-corrected chi connectivity index (χ1v) is 7.57. The Morgan fingerprint density at radius 2 is 2.24 bits per heavy atom. The van der Waals surface area contributed by atoms with Gasteiger partial charge in [0.1, 0.15) is 5.69 Å². The molecule has 0 spiro atoms. The number of ether oxygens (including phenoxy) is 1.